The van der Waals surface area contributed by atoms with Crippen LogP contribution in [0, 0.1) is 6.92 Å². The molecule has 4 nitrogen and oxygen atoms in total. The fourth-order valence-corrected chi connectivity index (χ4v) is 3.58. The first-order chi connectivity index (χ1) is 10.2. The van der Waals surface area contributed by atoms with E-state index in [2.05, 4.69) is 53.6 Å². The predicted molar refractivity (Wildman–Crippen MR) is 84.5 cm³/mol. The summed E-state index contributed by atoms with van der Waals surface area (Å²) in [7, 11) is 0. The molecule has 5 heteroatoms. The van der Waals surface area contributed by atoms with Crippen LogP contribution in [0.5, 0.6) is 0 Å². The Hall–Kier alpha value is -1.33. The Kier molecular flexibility index (Phi) is 4.60. The number of benzene rings is 1. The van der Waals surface area contributed by atoms with E-state index in [1.54, 1.807) is 11.8 Å². The van der Waals surface area contributed by atoms with Gasteiger partial charge in [-0.05, 0) is 44.9 Å². The summed E-state index contributed by atoms with van der Waals surface area (Å²) in [6.45, 7) is 5.36. The summed E-state index contributed by atoms with van der Waals surface area (Å²) >= 11 is 1.76. The molecule has 0 saturated carbocycles. The van der Waals surface area contributed by atoms with Gasteiger partial charge in [0.05, 0.1) is 5.75 Å². The molecule has 0 aliphatic carbocycles. The van der Waals surface area contributed by atoms with Crippen LogP contribution in [0.25, 0.3) is 0 Å². The number of aryl methyl sites for hydroxylation is 1. The van der Waals surface area contributed by atoms with Crippen molar-refractivity contribution in [1.82, 2.24) is 15.5 Å². The fourth-order valence-electron chi connectivity index (χ4n) is 2.71. The number of aromatic nitrogens is 2. The monoisotopic (exact) mass is 303 g/mol. The van der Waals surface area contributed by atoms with Crippen LogP contribution in [0.2, 0.25) is 0 Å². The third kappa shape index (κ3) is 3.66. The normalized spacial score (nSPS) is 22.4. The van der Waals surface area contributed by atoms with E-state index in [1.165, 1.54) is 10.5 Å². The Bertz CT molecular complexity index is 599. The van der Waals surface area contributed by atoms with Gasteiger partial charge in [0.2, 0.25) is 5.89 Å². The highest BCUT2D eigenvalue weighted by Gasteiger charge is 2.24. The maximum absolute atomic E-state index is 5.47. The van der Waals surface area contributed by atoms with Crippen LogP contribution in [-0.4, -0.2) is 22.7 Å². The van der Waals surface area contributed by atoms with Crippen LogP contribution in [0.1, 0.15) is 43.0 Å². The molecule has 1 aromatic carbocycles. The summed E-state index contributed by atoms with van der Waals surface area (Å²) < 4.78 is 5.47. The third-order valence-corrected chi connectivity index (χ3v) is 5.08. The quantitative estimate of drug-likeness (QED) is 0.876. The van der Waals surface area contributed by atoms with Crippen molar-refractivity contribution in [3.8, 4) is 0 Å². The standard InChI is InChI=1S/C16H21N3OS/c1-11-5-3-4-6-14(11)21-10-15-18-16(20-19-15)13-7-8-17-12(2)9-13/h3-6,12-13,17H,7-10H2,1-2H3. The number of thioether (sulfide) groups is 1. The molecule has 0 amide bonds. The van der Waals surface area contributed by atoms with E-state index in [0.717, 1.165) is 36.9 Å². The molecular weight excluding hydrogens is 282 g/mol. The van der Waals surface area contributed by atoms with E-state index in [4.69, 9.17) is 4.52 Å². The molecule has 2 atom stereocenters. The van der Waals surface area contributed by atoms with E-state index >= 15 is 0 Å². The lowest BCUT2D eigenvalue weighted by Gasteiger charge is -2.25. The van der Waals surface area contributed by atoms with Crippen molar-refractivity contribution >= 4 is 11.8 Å². The molecule has 1 aliphatic heterocycles. The van der Waals surface area contributed by atoms with Crippen molar-refractivity contribution in [2.24, 2.45) is 0 Å². The molecule has 21 heavy (non-hydrogen) atoms. The van der Waals surface area contributed by atoms with Crippen molar-refractivity contribution in [3.05, 3.63) is 41.5 Å². The lowest BCUT2D eigenvalue weighted by atomic mass is 9.93. The average molecular weight is 303 g/mol. The van der Waals surface area contributed by atoms with Crippen molar-refractivity contribution in [2.45, 2.75) is 49.3 Å². The van der Waals surface area contributed by atoms with Gasteiger partial charge in [0.25, 0.3) is 0 Å². The maximum Gasteiger partial charge on any atom is 0.229 e. The fraction of sp³-hybridized carbons (Fsp3) is 0.500. The first kappa shape index (κ1) is 14.6. The van der Waals surface area contributed by atoms with Crippen molar-refractivity contribution in [1.29, 1.82) is 0 Å². The average Bonchev–Trinajstić information content (AvgIpc) is 2.95. The van der Waals surface area contributed by atoms with Gasteiger partial charge in [0, 0.05) is 16.9 Å². The second-order valence-electron chi connectivity index (χ2n) is 5.68. The number of hydrogen-bond donors (Lipinski definition) is 1. The van der Waals surface area contributed by atoms with Crippen LogP contribution in [-0.2, 0) is 5.75 Å². The molecule has 1 N–H and O–H groups in total. The number of nitrogens with one attached hydrogen (secondary N) is 1. The molecule has 2 heterocycles. The van der Waals surface area contributed by atoms with Gasteiger partial charge in [0.1, 0.15) is 0 Å². The van der Waals surface area contributed by atoms with E-state index in [-0.39, 0.29) is 0 Å². The van der Waals surface area contributed by atoms with Gasteiger partial charge in [-0.25, -0.2) is 0 Å². The van der Waals surface area contributed by atoms with Gasteiger partial charge in [-0.2, -0.15) is 4.98 Å². The largest absolute Gasteiger partial charge is 0.339 e. The van der Waals surface area contributed by atoms with E-state index in [1.807, 2.05) is 0 Å². The minimum Gasteiger partial charge on any atom is -0.339 e. The highest BCUT2D eigenvalue weighted by atomic mass is 32.2. The predicted octanol–water partition coefficient (Wildman–Crippen LogP) is 3.53. The van der Waals surface area contributed by atoms with Crippen molar-refractivity contribution in [3.63, 3.8) is 0 Å². The molecular formula is C16H21N3OS. The Labute approximate surface area is 129 Å². The van der Waals surface area contributed by atoms with Gasteiger partial charge in [-0.1, -0.05) is 23.4 Å². The minimum absolute atomic E-state index is 0.408. The summed E-state index contributed by atoms with van der Waals surface area (Å²) in [4.78, 5) is 5.86. The van der Waals surface area contributed by atoms with Crippen LogP contribution in [0.15, 0.2) is 33.7 Å². The number of hydrogen-bond acceptors (Lipinski definition) is 5. The Morgan fingerprint density at radius 1 is 1.38 bits per heavy atom. The molecule has 0 radical (unpaired) electrons. The Morgan fingerprint density at radius 3 is 3.05 bits per heavy atom. The van der Waals surface area contributed by atoms with Gasteiger partial charge < -0.3 is 9.84 Å². The molecule has 3 rings (SSSR count). The lowest BCUT2D eigenvalue weighted by molar-refractivity contribution is 0.294. The van der Waals surface area contributed by atoms with Crippen LogP contribution in [0.4, 0.5) is 0 Å². The molecule has 0 bridgehead atoms. The maximum atomic E-state index is 5.47. The molecule has 1 saturated heterocycles. The van der Waals surface area contributed by atoms with Crippen LogP contribution in [0.3, 0.4) is 0 Å². The molecule has 1 aromatic heterocycles. The first-order valence-corrected chi connectivity index (χ1v) is 8.45. The summed E-state index contributed by atoms with van der Waals surface area (Å²) in [6, 6.07) is 8.91. The summed E-state index contributed by atoms with van der Waals surface area (Å²) in [5.41, 5.74) is 1.29. The summed E-state index contributed by atoms with van der Waals surface area (Å²) in [5.74, 6) is 2.77. The second-order valence-corrected chi connectivity index (χ2v) is 6.70. The zero-order chi connectivity index (χ0) is 14.7. The van der Waals surface area contributed by atoms with E-state index in [0.29, 0.717) is 12.0 Å². The number of rotatable bonds is 4. The minimum atomic E-state index is 0.408. The second kappa shape index (κ2) is 6.62. The molecule has 112 valence electrons. The summed E-state index contributed by atoms with van der Waals surface area (Å²) in [6.07, 6.45) is 2.16. The molecule has 2 aromatic rings. The Balaban J connectivity index is 1.61. The SMILES string of the molecule is Cc1ccccc1SCc1noc(C2CCNC(C)C2)n1. The molecule has 2 unspecified atom stereocenters. The van der Waals surface area contributed by atoms with Gasteiger partial charge in [0.15, 0.2) is 5.82 Å². The lowest BCUT2D eigenvalue weighted by Crippen LogP contribution is -2.34. The highest BCUT2D eigenvalue weighted by molar-refractivity contribution is 7.98. The number of piperidine rings is 1. The van der Waals surface area contributed by atoms with Gasteiger partial charge >= 0.3 is 0 Å². The van der Waals surface area contributed by atoms with E-state index in [9.17, 15) is 0 Å². The Morgan fingerprint density at radius 2 is 2.24 bits per heavy atom. The van der Waals surface area contributed by atoms with Crippen molar-refractivity contribution in [2.75, 3.05) is 6.54 Å². The third-order valence-electron chi connectivity index (χ3n) is 3.91. The zero-order valence-corrected chi connectivity index (χ0v) is 13.3. The van der Waals surface area contributed by atoms with Crippen LogP contribution < -0.4 is 5.32 Å². The summed E-state index contributed by atoms with van der Waals surface area (Å²) in [5, 5.41) is 7.58. The van der Waals surface area contributed by atoms with Crippen molar-refractivity contribution < 1.29 is 4.52 Å². The zero-order valence-electron chi connectivity index (χ0n) is 12.5. The van der Waals surface area contributed by atoms with Gasteiger partial charge in [-0.15, -0.1) is 11.8 Å². The molecule has 1 aliphatic rings. The highest BCUT2D eigenvalue weighted by Crippen LogP contribution is 2.28. The van der Waals surface area contributed by atoms with Crippen LogP contribution >= 0.6 is 11.8 Å². The molecule has 0 spiro atoms. The molecule has 1 fully saturated rings. The smallest absolute Gasteiger partial charge is 0.229 e. The van der Waals surface area contributed by atoms with Gasteiger partial charge in [-0.3, -0.25) is 0 Å². The van der Waals surface area contributed by atoms with E-state index < -0.39 is 0 Å². The number of nitrogens with zero attached hydrogens (tertiary/aromatic N) is 2. The topological polar surface area (TPSA) is 51.0 Å². The first-order valence-electron chi connectivity index (χ1n) is 7.46.